The molecule has 0 aliphatic carbocycles. The number of hydrogen-bond acceptors (Lipinski definition) is 15. The number of ether oxygens (including phenoxy) is 2. The Bertz CT molecular complexity index is 2490. The number of rotatable bonds is 15. The van der Waals surface area contributed by atoms with Crippen molar-refractivity contribution in [3.63, 3.8) is 0 Å². The van der Waals surface area contributed by atoms with Crippen LogP contribution in [0, 0.1) is 17.1 Å². The molecule has 1 amide bonds. The van der Waals surface area contributed by atoms with Crippen LogP contribution in [0.25, 0.3) is 22.2 Å². The van der Waals surface area contributed by atoms with Crippen molar-refractivity contribution in [1.82, 2.24) is 34.1 Å². The smallest absolute Gasteiger partial charge is 0.408 e. The van der Waals surface area contributed by atoms with Crippen LogP contribution in [-0.2, 0) is 32.0 Å². The average molecular weight is 872 g/mol. The number of imidazole rings is 1. The minimum Gasteiger partial charge on any atom is -0.408 e. The normalized spacial score (nSPS) is 24.5. The number of hydrogen-bond donors (Lipinski definition) is 3. The molecule has 1 aromatic carbocycles. The summed E-state index contributed by atoms with van der Waals surface area (Å²) in [5.41, 5.74) is -0.166. The van der Waals surface area contributed by atoms with E-state index in [-0.39, 0.29) is 45.9 Å². The standard InChI is InChI=1S/C37H44F2N9O10PSi/c1-37(2,3)60(4,5)58-28-25(16-49)56-36(47-15-24(39)26-31(47)42-19-44-34(26)51)29(28)57-59(52,53-13-9-12-40)54-17-22-14-23(38)35(55-22)48-20-45-27-30(41-18-43-32(27)48)46-33(50)21-10-7-6-8-11-21/h6-8,10-11,15,18-20,22-23,25,28-29,35-36,49H,9,13-14,16-17H2,1-5H3,(H,42,44,51)(H,41,43,46,50)/t22-,23-,25-,28-,29-,35-,36-,59?/m1/s1. The number of H-pyrrole nitrogens is 1. The van der Waals surface area contributed by atoms with Crippen molar-refractivity contribution >= 4 is 50.1 Å². The van der Waals surface area contributed by atoms with Crippen molar-refractivity contribution in [2.24, 2.45) is 0 Å². The maximum atomic E-state index is 15.8. The second kappa shape index (κ2) is 17.3. The number of anilines is 1. The number of phosphoric ester groups is 1. The Kier molecular flexibility index (Phi) is 12.5. The highest BCUT2D eigenvalue weighted by Gasteiger charge is 2.54. The van der Waals surface area contributed by atoms with Crippen molar-refractivity contribution in [3.05, 3.63) is 77.2 Å². The molecule has 2 saturated heterocycles. The number of aliphatic hydroxyl groups is 1. The van der Waals surface area contributed by atoms with E-state index < -0.39 is 96.3 Å². The first-order chi connectivity index (χ1) is 28.5. The monoisotopic (exact) mass is 871 g/mol. The number of aromatic amines is 1. The molecule has 7 rings (SSSR count). The van der Waals surface area contributed by atoms with Gasteiger partial charge in [-0.25, -0.2) is 33.3 Å². The summed E-state index contributed by atoms with van der Waals surface area (Å²) in [6, 6.07) is 10.4. The summed E-state index contributed by atoms with van der Waals surface area (Å²) in [7, 11) is -7.52. The average Bonchev–Trinajstić information content (AvgIpc) is 3.97. The van der Waals surface area contributed by atoms with Gasteiger partial charge in [0.1, 0.15) is 36.2 Å². The fourth-order valence-electron chi connectivity index (χ4n) is 6.67. The molecule has 1 unspecified atom stereocenters. The Hall–Kier alpha value is -4.82. The molecule has 19 nitrogen and oxygen atoms in total. The number of aromatic nitrogens is 7. The molecule has 2 aliphatic heterocycles. The third-order valence-corrected chi connectivity index (χ3v) is 16.6. The molecule has 2 fully saturated rings. The molecule has 2 aliphatic rings. The van der Waals surface area contributed by atoms with Crippen LogP contribution in [0.4, 0.5) is 14.6 Å². The zero-order valence-electron chi connectivity index (χ0n) is 33.2. The molecule has 4 aromatic heterocycles. The molecule has 0 radical (unpaired) electrons. The number of nitrogens with zero attached hydrogens (tertiary/aromatic N) is 7. The second-order valence-corrected chi connectivity index (χ2v) is 22.1. The van der Waals surface area contributed by atoms with Crippen LogP contribution in [-0.4, -0.2) is 104 Å². The van der Waals surface area contributed by atoms with E-state index in [1.807, 2.05) is 39.9 Å². The zero-order chi connectivity index (χ0) is 43.0. The van der Waals surface area contributed by atoms with E-state index in [1.54, 1.807) is 30.3 Å². The highest BCUT2D eigenvalue weighted by atomic mass is 31.2. The summed E-state index contributed by atoms with van der Waals surface area (Å²) < 4.78 is 85.0. The molecule has 3 N–H and O–H groups in total. The number of aliphatic hydroxyl groups excluding tert-OH is 1. The number of nitriles is 1. The largest absolute Gasteiger partial charge is 0.475 e. The molecule has 5 aromatic rings. The first-order valence-corrected chi connectivity index (χ1v) is 23.4. The van der Waals surface area contributed by atoms with Gasteiger partial charge in [0.05, 0.1) is 51.1 Å². The van der Waals surface area contributed by atoms with Crippen molar-refractivity contribution in [2.45, 2.75) is 94.8 Å². The van der Waals surface area contributed by atoms with Crippen molar-refractivity contribution in [2.75, 3.05) is 25.1 Å². The SMILES string of the molecule is CC(C)(C)[Si](C)(C)O[C@H]1[C@@H](OP(=O)(OCCC#N)OC[C@H]2C[C@@H](F)[C@H](n3cnc4c(NC(=O)c5ccccc5)ncnc43)O2)[C@H](n2cc(F)c3c(=O)[nH]cnc32)O[C@@H]1CO. The fraction of sp³-hybridized carbons (Fsp3) is 0.486. The van der Waals surface area contributed by atoms with Crippen molar-refractivity contribution in [1.29, 1.82) is 5.26 Å². The van der Waals surface area contributed by atoms with E-state index in [0.717, 1.165) is 12.5 Å². The maximum absolute atomic E-state index is 15.8. The van der Waals surface area contributed by atoms with Crippen LogP contribution in [0.5, 0.6) is 0 Å². The van der Waals surface area contributed by atoms with Crippen molar-refractivity contribution in [3.8, 4) is 6.07 Å². The van der Waals surface area contributed by atoms with Crippen LogP contribution >= 0.6 is 7.82 Å². The van der Waals surface area contributed by atoms with E-state index in [1.165, 1.54) is 21.8 Å². The zero-order valence-corrected chi connectivity index (χ0v) is 35.1. The van der Waals surface area contributed by atoms with Gasteiger partial charge in [-0.15, -0.1) is 0 Å². The highest BCUT2D eigenvalue weighted by molar-refractivity contribution is 7.48. The molecule has 8 atom stereocenters. The van der Waals surface area contributed by atoms with E-state index in [9.17, 15) is 24.5 Å². The quantitative estimate of drug-likeness (QED) is 0.0687. The second-order valence-electron chi connectivity index (χ2n) is 15.7. The number of benzene rings is 1. The summed E-state index contributed by atoms with van der Waals surface area (Å²) >= 11 is 0. The minimum absolute atomic E-state index is 0.0974. The summed E-state index contributed by atoms with van der Waals surface area (Å²) in [4.78, 5) is 44.6. The molecule has 320 valence electrons. The number of phosphoric acid groups is 1. The number of halogens is 2. The molecule has 0 spiro atoms. The van der Waals surface area contributed by atoms with Crippen LogP contribution < -0.4 is 10.9 Å². The molecular formula is C37H44F2N9O10PSi. The molecule has 23 heteroatoms. The Morgan fingerprint density at radius 2 is 1.87 bits per heavy atom. The first-order valence-electron chi connectivity index (χ1n) is 19.0. The van der Waals surface area contributed by atoms with Gasteiger partial charge in [0, 0.05) is 18.2 Å². The number of carbonyl (C=O) groups excluding carboxylic acids is 1. The molecule has 6 heterocycles. The molecule has 60 heavy (non-hydrogen) atoms. The fourth-order valence-corrected chi connectivity index (χ4v) is 9.37. The number of carbonyl (C=O) groups is 1. The van der Waals surface area contributed by atoms with Gasteiger partial charge in [0.2, 0.25) is 0 Å². The van der Waals surface area contributed by atoms with Gasteiger partial charge < -0.3 is 33.9 Å². The van der Waals surface area contributed by atoms with Crippen LogP contribution in [0.2, 0.25) is 18.1 Å². The molecule has 0 bridgehead atoms. The molecule has 0 saturated carbocycles. The maximum Gasteiger partial charge on any atom is 0.475 e. The summed E-state index contributed by atoms with van der Waals surface area (Å²) in [5, 5.41) is 21.8. The van der Waals surface area contributed by atoms with E-state index in [2.05, 4.69) is 30.2 Å². The van der Waals surface area contributed by atoms with Gasteiger partial charge in [-0.3, -0.25) is 27.7 Å². The van der Waals surface area contributed by atoms with Gasteiger partial charge >= 0.3 is 7.82 Å². The Morgan fingerprint density at radius 1 is 1.10 bits per heavy atom. The van der Waals surface area contributed by atoms with Crippen LogP contribution in [0.1, 0.15) is 56.4 Å². The lowest BCUT2D eigenvalue weighted by atomic mass is 10.1. The lowest BCUT2D eigenvalue weighted by molar-refractivity contribution is -0.0577. The summed E-state index contributed by atoms with van der Waals surface area (Å²) in [5.74, 6) is -1.27. The Morgan fingerprint density at radius 3 is 2.58 bits per heavy atom. The minimum atomic E-state index is -4.79. The summed E-state index contributed by atoms with van der Waals surface area (Å²) in [6.07, 6.45) is -4.99. The third kappa shape index (κ3) is 8.68. The number of nitrogens with one attached hydrogen (secondary N) is 2. The van der Waals surface area contributed by atoms with Gasteiger partial charge in [-0.2, -0.15) is 5.26 Å². The Labute approximate surface area is 342 Å². The van der Waals surface area contributed by atoms with Gasteiger partial charge in [-0.1, -0.05) is 39.0 Å². The summed E-state index contributed by atoms with van der Waals surface area (Å²) in [6.45, 7) is 8.28. The lowest BCUT2D eigenvalue weighted by Crippen LogP contribution is -2.50. The van der Waals surface area contributed by atoms with Crippen LogP contribution in [0.15, 0.2) is 60.3 Å². The van der Waals surface area contributed by atoms with Crippen LogP contribution in [0.3, 0.4) is 0 Å². The number of amides is 1. The predicted octanol–water partition coefficient (Wildman–Crippen LogP) is 5.30. The van der Waals surface area contributed by atoms with Gasteiger partial charge in [0.15, 0.2) is 49.2 Å². The first kappa shape index (κ1) is 43.3. The number of fused-ring (bicyclic) bond motifs is 2. The number of alkyl halides is 1. The Balaban J connectivity index is 1.15. The third-order valence-electron chi connectivity index (χ3n) is 10.7. The van der Waals surface area contributed by atoms with Crippen molar-refractivity contribution < 1.29 is 50.7 Å². The van der Waals surface area contributed by atoms with Gasteiger partial charge in [-0.05, 0) is 30.3 Å². The lowest BCUT2D eigenvalue weighted by Gasteiger charge is -2.40. The van der Waals surface area contributed by atoms with E-state index >= 15 is 8.78 Å². The van der Waals surface area contributed by atoms with Gasteiger partial charge in [0.25, 0.3) is 11.5 Å². The highest BCUT2D eigenvalue weighted by Crippen LogP contribution is 2.55. The topological polar surface area (TPSA) is 240 Å². The molecular weight excluding hydrogens is 828 g/mol. The van der Waals surface area contributed by atoms with E-state index in [0.29, 0.717) is 5.56 Å². The van der Waals surface area contributed by atoms with E-state index in [4.69, 9.17) is 27.5 Å². The predicted molar refractivity (Wildman–Crippen MR) is 211 cm³/mol.